The van der Waals surface area contributed by atoms with E-state index in [-0.39, 0.29) is 6.04 Å². The summed E-state index contributed by atoms with van der Waals surface area (Å²) < 4.78 is 0. The van der Waals surface area contributed by atoms with E-state index in [0.29, 0.717) is 5.41 Å². The van der Waals surface area contributed by atoms with Crippen LogP contribution in [0.5, 0.6) is 0 Å². The SMILES string of the molecule is C=C(c1c[nH]c2c1=CCCC=2)C(Nc1cc(Cl)cc(CCCCC(C)(C)C)c1)c1ccccc1. The maximum atomic E-state index is 6.56. The lowest BCUT2D eigenvalue weighted by Crippen LogP contribution is -2.28. The van der Waals surface area contributed by atoms with Crippen LogP contribution in [0.3, 0.4) is 0 Å². The molecule has 1 aromatic heterocycles. The zero-order valence-corrected chi connectivity index (χ0v) is 21.5. The molecule has 1 unspecified atom stereocenters. The highest BCUT2D eigenvalue weighted by Crippen LogP contribution is 2.32. The third-order valence-electron chi connectivity index (χ3n) is 6.55. The Morgan fingerprint density at radius 2 is 1.82 bits per heavy atom. The topological polar surface area (TPSA) is 27.8 Å². The second kappa shape index (κ2) is 10.7. The van der Waals surface area contributed by atoms with Crippen molar-refractivity contribution in [3.8, 4) is 0 Å². The molecular weight excluding hydrogens is 436 g/mol. The maximum Gasteiger partial charge on any atom is 0.0768 e. The van der Waals surface area contributed by atoms with Gasteiger partial charge in [-0.25, -0.2) is 0 Å². The van der Waals surface area contributed by atoms with E-state index >= 15 is 0 Å². The summed E-state index contributed by atoms with van der Waals surface area (Å²) in [4.78, 5) is 3.44. The maximum absolute atomic E-state index is 6.56. The van der Waals surface area contributed by atoms with Crippen LogP contribution in [-0.4, -0.2) is 4.98 Å². The standard InChI is InChI=1S/C31H37ClN2/c1-22(28-21-33-29-16-9-8-15-27(28)29)30(24-13-6-5-7-14-24)34-26-19-23(18-25(32)20-26)12-10-11-17-31(2,3)4/h5-7,13-16,18-21,30,33-34H,1,8-12,17H2,2-4H3. The van der Waals surface area contributed by atoms with Gasteiger partial charge in [-0.2, -0.15) is 0 Å². The molecule has 34 heavy (non-hydrogen) atoms. The number of aryl methyl sites for hydroxylation is 1. The number of hydrogen-bond acceptors (Lipinski definition) is 1. The second-order valence-electron chi connectivity index (χ2n) is 10.6. The van der Waals surface area contributed by atoms with Crippen molar-refractivity contribution in [1.29, 1.82) is 0 Å². The number of nitrogens with one attached hydrogen (secondary N) is 2. The number of aromatic amines is 1. The number of rotatable bonds is 9. The molecule has 0 spiro atoms. The molecule has 0 saturated heterocycles. The molecule has 0 aliphatic heterocycles. The largest absolute Gasteiger partial charge is 0.374 e. The Balaban J connectivity index is 1.59. The molecule has 0 saturated carbocycles. The Labute approximate surface area is 209 Å². The van der Waals surface area contributed by atoms with Crippen molar-refractivity contribution in [2.75, 3.05) is 5.32 Å². The summed E-state index contributed by atoms with van der Waals surface area (Å²) in [5.41, 5.74) is 6.13. The first kappa shape index (κ1) is 24.4. The van der Waals surface area contributed by atoms with Crippen LogP contribution in [0.1, 0.15) is 75.6 Å². The normalized spacial score (nSPS) is 14.0. The van der Waals surface area contributed by atoms with Crippen LogP contribution in [0, 0.1) is 5.41 Å². The Hall–Kier alpha value is -2.71. The van der Waals surface area contributed by atoms with Crippen molar-refractivity contribution in [3.05, 3.63) is 93.6 Å². The van der Waals surface area contributed by atoms with Crippen molar-refractivity contribution in [2.24, 2.45) is 5.41 Å². The molecule has 0 amide bonds. The number of hydrogen-bond donors (Lipinski definition) is 2. The highest BCUT2D eigenvalue weighted by Gasteiger charge is 2.19. The minimum atomic E-state index is -0.0522. The molecule has 1 heterocycles. The predicted octanol–water partition coefficient (Wildman–Crippen LogP) is 7.65. The van der Waals surface area contributed by atoms with Gasteiger partial charge < -0.3 is 10.3 Å². The first-order chi connectivity index (χ1) is 16.3. The van der Waals surface area contributed by atoms with E-state index in [1.165, 1.54) is 46.5 Å². The minimum Gasteiger partial charge on any atom is -0.374 e. The number of halogens is 1. The number of aromatic nitrogens is 1. The van der Waals surface area contributed by atoms with E-state index < -0.39 is 0 Å². The van der Waals surface area contributed by atoms with Crippen LogP contribution in [0.15, 0.2) is 61.3 Å². The molecule has 178 valence electrons. The monoisotopic (exact) mass is 472 g/mol. The molecule has 4 rings (SSSR count). The molecule has 3 heteroatoms. The minimum absolute atomic E-state index is 0.0522. The van der Waals surface area contributed by atoms with E-state index in [0.717, 1.165) is 35.5 Å². The van der Waals surface area contributed by atoms with Gasteiger partial charge in [0.05, 0.1) is 6.04 Å². The number of benzene rings is 2. The molecule has 0 fully saturated rings. The molecule has 3 aromatic rings. The molecule has 0 bridgehead atoms. The zero-order chi connectivity index (χ0) is 24.1. The summed E-state index contributed by atoms with van der Waals surface area (Å²) >= 11 is 6.56. The third kappa shape index (κ3) is 6.24. The van der Waals surface area contributed by atoms with Gasteiger partial charge in [-0.05, 0) is 72.4 Å². The fourth-order valence-electron chi connectivity index (χ4n) is 4.76. The molecule has 0 radical (unpaired) electrons. The molecule has 2 N–H and O–H groups in total. The van der Waals surface area contributed by atoms with Gasteiger partial charge >= 0.3 is 0 Å². The van der Waals surface area contributed by atoms with Crippen molar-refractivity contribution in [3.63, 3.8) is 0 Å². The van der Waals surface area contributed by atoms with Gasteiger partial charge in [0.15, 0.2) is 0 Å². The summed E-state index contributed by atoms with van der Waals surface area (Å²) in [6.07, 6.45) is 13.5. The van der Waals surface area contributed by atoms with Crippen LogP contribution >= 0.6 is 11.6 Å². The molecular formula is C31H37ClN2. The summed E-state index contributed by atoms with van der Waals surface area (Å²) in [5, 5.41) is 7.01. The van der Waals surface area contributed by atoms with Crippen LogP contribution < -0.4 is 15.9 Å². The Morgan fingerprint density at radius 3 is 2.59 bits per heavy atom. The van der Waals surface area contributed by atoms with E-state index in [2.05, 4.69) is 98.5 Å². The molecule has 2 aromatic carbocycles. The van der Waals surface area contributed by atoms with Crippen LogP contribution in [-0.2, 0) is 6.42 Å². The Morgan fingerprint density at radius 1 is 1.06 bits per heavy atom. The summed E-state index contributed by atoms with van der Waals surface area (Å²) in [6, 6.07) is 16.9. The quantitative estimate of drug-likeness (QED) is 0.307. The van der Waals surface area contributed by atoms with Gasteiger partial charge in [-0.15, -0.1) is 0 Å². The van der Waals surface area contributed by atoms with E-state index in [4.69, 9.17) is 11.6 Å². The van der Waals surface area contributed by atoms with E-state index in [9.17, 15) is 0 Å². The van der Waals surface area contributed by atoms with Gasteiger partial charge in [0.2, 0.25) is 0 Å². The fraction of sp³-hybridized carbons (Fsp3) is 0.355. The predicted molar refractivity (Wildman–Crippen MR) is 149 cm³/mol. The Kier molecular flexibility index (Phi) is 7.68. The van der Waals surface area contributed by atoms with Crippen molar-refractivity contribution < 1.29 is 0 Å². The number of unbranched alkanes of at least 4 members (excludes halogenated alkanes) is 1. The van der Waals surface area contributed by atoms with E-state index in [1.54, 1.807) is 0 Å². The van der Waals surface area contributed by atoms with Crippen LogP contribution in [0.2, 0.25) is 5.02 Å². The first-order valence-electron chi connectivity index (χ1n) is 12.5. The van der Waals surface area contributed by atoms with Gasteiger partial charge in [0.1, 0.15) is 0 Å². The van der Waals surface area contributed by atoms with Crippen molar-refractivity contribution >= 4 is 35.0 Å². The lowest BCUT2D eigenvalue weighted by atomic mass is 9.89. The molecule has 1 atom stereocenters. The molecule has 1 aliphatic rings. The van der Waals surface area contributed by atoms with Gasteiger partial charge in [0.25, 0.3) is 0 Å². The van der Waals surface area contributed by atoms with Crippen molar-refractivity contribution in [1.82, 2.24) is 4.98 Å². The average Bonchev–Trinajstić information content (AvgIpc) is 3.24. The number of H-pyrrole nitrogens is 1. The van der Waals surface area contributed by atoms with Gasteiger partial charge in [0, 0.05) is 33.0 Å². The molecule has 1 aliphatic carbocycles. The zero-order valence-electron chi connectivity index (χ0n) is 20.8. The number of anilines is 1. The highest BCUT2D eigenvalue weighted by atomic mass is 35.5. The van der Waals surface area contributed by atoms with Crippen molar-refractivity contribution in [2.45, 2.75) is 65.3 Å². The summed E-state index contributed by atoms with van der Waals surface area (Å²) in [5.74, 6) is 0. The van der Waals surface area contributed by atoms with Gasteiger partial charge in [-0.1, -0.05) is 87.9 Å². The number of fused-ring (bicyclic) bond motifs is 1. The second-order valence-corrected chi connectivity index (χ2v) is 11.1. The fourth-order valence-corrected chi connectivity index (χ4v) is 5.02. The lowest BCUT2D eigenvalue weighted by molar-refractivity contribution is 0.360. The first-order valence-corrected chi connectivity index (χ1v) is 12.9. The Bertz CT molecular complexity index is 1240. The highest BCUT2D eigenvalue weighted by molar-refractivity contribution is 6.30. The average molecular weight is 473 g/mol. The van der Waals surface area contributed by atoms with Gasteiger partial charge in [-0.3, -0.25) is 0 Å². The third-order valence-corrected chi connectivity index (χ3v) is 6.77. The van der Waals surface area contributed by atoms with Crippen LogP contribution in [0.4, 0.5) is 5.69 Å². The molecule has 2 nitrogen and oxygen atoms in total. The lowest BCUT2D eigenvalue weighted by Gasteiger charge is -2.23. The smallest absolute Gasteiger partial charge is 0.0768 e. The van der Waals surface area contributed by atoms with E-state index in [1.807, 2.05) is 6.07 Å². The van der Waals surface area contributed by atoms with Crippen LogP contribution in [0.25, 0.3) is 17.7 Å². The summed E-state index contributed by atoms with van der Waals surface area (Å²) in [7, 11) is 0. The summed E-state index contributed by atoms with van der Waals surface area (Å²) in [6.45, 7) is 11.5.